The number of nitrogens with one attached hydrogen (secondary N) is 2. The van der Waals surface area contributed by atoms with Crippen molar-refractivity contribution >= 4 is 35.2 Å². The highest BCUT2D eigenvalue weighted by Gasteiger charge is 2.20. The molecule has 2 N–H and O–H groups in total. The van der Waals surface area contributed by atoms with Gasteiger partial charge >= 0.3 is 5.97 Å². The molecule has 9 heteroatoms. The largest absolute Gasteiger partial charge is 0.489 e. The Balaban J connectivity index is 1.35. The van der Waals surface area contributed by atoms with E-state index in [0.29, 0.717) is 17.9 Å². The molecule has 0 bridgehead atoms. The highest BCUT2D eigenvalue weighted by molar-refractivity contribution is 6.33. The molecule has 0 spiro atoms. The number of ether oxygens (including phenoxy) is 2. The summed E-state index contributed by atoms with van der Waals surface area (Å²) in [7, 11) is 0. The minimum Gasteiger partial charge on any atom is -0.489 e. The van der Waals surface area contributed by atoms with Crippen molar-refractivity contribution in [3.63, 3.8) is 0 Å². The van der Waals surface area contributed by atoms with Crippen LogP contribution in [0.25, 0.3) is 0 Å². The molecule has 0 aromatic heterocycles. The van der Waals surface area contributed by atoms with Gasteiger partial charge in [-0.1, -0.05) is 54.1 Å². The van der Waals surface area contributed by atoms with Crippen molar-refractivity contribution in [2.45, 2.75) is 38.9 Å². The molecule has 0 saturated carbocycles. The molecule has 0 aliphatic heterocycles. The van der Waals surface area contributed by atoms with Crippen molar-refractivity contribution in [3.8, 4) is 5.75 Å². The fourth-order valence-corrected chi connectivity index (χ4v) is 3.52. The van der Waals surface area contributed by atoms with Gasteiger partial charge in [0.25, 0.3) is 5.91 Å². The Morgan fingerprint density at radius 2 is 1.51 bits per heavy atom. The van der Waals surface area contributed by atoms with Crippen molar-refractivity contribution in [1.82, 2.24) is 10.9 Å². The molecular formula is C28H27ClN2O6. The van der Waals surface area contributed by atoms with Crippen LogP contribution in [0.3, 0.4) is 0 Å². The van der Waals surface area contributed by atoms with Gasteiger partial charge in [-0.2, -0.15) is 0 Å². The first-order chi connectivity index (χ1) is 17.8. The predicted octanol–water partition coefficient (Wildman–Crippen LogP) is 4.66. The molecule has 0 heterocycles. The number of halogens is 1. The molecule has 3 rings (SSSR count). The number of esters is 1. The van der Waals surface area contributed by atoms with E-state index in [2.05, 4.69) is 10.9 Å². The Morgan fingerprint density at radius 3 is 2.22 bits per heavy atom. The van der Waals surface area contributed by atoms with Crippen LogP contribution >= 0.6 is 11.6 Å². The van der Waals surface area contributed by atoms with Gasteiger partial charge in [0.2, 0.25) is 11.7 Å². The number of hydrogen-bond donors (Lipinski definition) is 2. The first-order valence-corrected chi connectivity index (χ1v) is 12.1. The van der Waals surface area contributed by atoms with E-state index in [1.54, 1.807) is 42.5 Å². The van der Waals surface area contributed by atoms with Crippen molar-refractivity contribution in [2.75, 3.05) is 0 Å². The van der Waals surface area contributed by atoms with Crippen LogP contribution in [0.1, 0.15) is 52.5 Å². The normalized spacial score (nSPS) is 11.2. The lowest BCUT2D eigenvalue weighted by Crippen LogP contribution is -2.41. The summed E-state index contributed by atoms with van der Waals surface area (Å²) in [6.07, 6.45) is -0.881. The van der Waals surface area contributed by atoms with Gasteiger partial charge in [0.1, 0.15) is 12.4 Å². The fourth-order valence-electron chi connectivity index (χ4n) is 3.30. The second-order valence-corrected chi connectivity index (χ2v) is 8.54. The summed E-state index contributed by atoms with van der Waals surface area (Å²) in [5.74, 6) is -1.36. The number of Topliss-reactive ketones (excluding diaryl/α,β-unsaturated/α-hetero) is 1. The lowest BCUT2D eigenvalue weighted by molar-refractivity contribution is -0.146. The molecule has 37 heavy (non-hydrogen) atoms. The van der Waals surface area contributed by atoms with E-state index in [-0.39, 0.29) is 35.6 Å². The van der Waals surface area contributed by atoms with Crippen molar-refractivity contribution in [2.24, 2.45) is 0 Å². The fraction of sp³-hybridized carbons (Fsp3) is 0.214. The number of ketones is 1. The summed E-state index contributed by atoms with van der Waals surface area (Å²) in [5.41, 5.74) is 6.19. The van der Waals surface area contributed by atoms with Crippen LogP contribution in [0.15, 0.2) is 78.9 Å². The highest BCUT2D eigenvalue weighted by atomic mass is 35.5. The smallest absolute Gasteiger partial charge is 0.306 e. The van der Waals surface area contributed by atoms with Crippen LogP contribution in [0.2, 0.25) is 5.02 Å². The maximum Gasteiger partial charge on any atom is 0.306 e. The molecule has 192 valence electrons. The third kappa shape index (κ3) is 8.77. The highest BCUT2D eigenvalue weighted by Crippen LogP contribution is 2.17. The zero-order valence-electron chi connectivity index (χ0n) is 20.2. The quantitative estimate of drug-likeness (QED) is 0.215. The number of carbonyl (C=O) groups excluding carboxylic acids is 4. The summed E-state index contributed by atoms with van der Waals surface area (Å²) < 4.78 is 10.9. The minimum absolute atomic E-state index is 0.0231. The van der Waals surface area contributed by atoms with E-state index in [1.165, 1.54) is 13.0 Å². The monoisotopic (exact) mass is 522 g/mol. The maximum absolute atomic E-state index is 12.6. The van der Waals surface area contributed by atoms with E-state index in [1.807, 2.05) is 30.3 Å². The Morgan fingerprint density at radius 1 is 0.838 bits per heavy atom. The first kappa shape index (κ1) is 27.4. The number of benzene rings is 3. The van der Waals surface area contributed by atoms with Gasteiger partial charge in [-0.25, -0.2) is 0 Å². The summed E-state index contributed by atoms with van der Waals surface area (Å²) in [6.45, 7) is 1.91. The van der Waals surface area contributed by atoms with Gasteiger partial charge in [0, 0.05) is 18.4 Å². The Hall–Kier alpha value is -4.17. The summed E-state index contributed by atoms with van der Waals surface area (Å²) >= 11 is 5.94. The Kier molecular flexibility index (Phi) is 10.2. The van der Waals surface area contributed by atoms with E-state index < -0.39 is 23.9 Å². The average molecular weight is 523 g/mol. The average Bonchev–Trinajstić information content (AvgIpc) is 2.91. The minimum atomic E-state index is -0.979. The molecule has 1 atom stereocenters. The Labute approximate surface area is 219 Å². The number of carbonyl (C=O) groups is 4. The third-order valence-corrected chi connectivity index (χ3v) is 5.61. The van der Waals surface area contributed by atoms with Crippen molar-refractivity contribution in [1.29, 1.82) is 0 Å². The van der Waals surface area contributed by atoms with Crippen LogP contribution in [0.4, 0.5) is 0 Å². The molecule has 1 unspecified atom stereocenters. The SMILES string of the molecule is CC(OC(=O)CCCC(=O)NNC(=O)c1ccccc1Cl)C(=O)c1ccc(OCc2ccccc2)cc1. The third-order valence-electron chi connectivity index (χ3n) is 5.28. The van der Waals surface area contributed by atoms with E-state index >= 15 is 0 Å². The zero-order chi connectivity index (χ0) is 26.6. The van der Waals surface area contributed by atoms with Crippen LogP contribution in [-0.2, 0) is 20.9 Å². The molecule has 3 aromatic carbocycles. The lowest BCUT2D eigenvalue weighted by atomic mass is 10.1. The van der Waals surface area contributed by atoms with Crippen LogP contribution in [0, 0.1) is 0 Å². The standard InChI is InChI=1S/C28H27ClN2O6/c1-19(27(34)21-14-16-22(17-15-21)36-18-20-8-3-2-4-9-20)37-26(33)13-7-12-25(32)30-31-28(35)23-10-5-6-11-24(23)29/h2-6,8-11,14-17,19H,7,12-13,18H2,1H3,(H,30,32)(H,31,35). The molecule has 0 fully saturated rings. The Bertz CT molecular complexity index is 1230. The lowest BCUT2D eigenvalue weighted by Gasteiger charge is -2.13. The number of hydrogen-bond acceptors (Lipinski definition) is 6. The van der Waals surface area contributed by atoms with Gasteiger partial charge in [0.05, 0.1) is 10.6 Å². The molecule has 0 saturated heterocycles. The predicted molar refractivity (Wildman–Crippen MR) is 138 cm³/mol. The topological polar surface area (TPSA) is 111 Å². The zero-order valence-corrected chi connectivity index (χ0v) is 21.0. The van der Waals surface area contributed by atoms with Crippen molar-refractivity contribution < 1.29 is 28.7 Å². The summed E-state index contributed by atoms with van der Waals surface area (Å²) in [6, 6.07) is 22.7. The van der Waals surface area contributed by atoms with Gasteiger partial charge in [-0.3, -0.25) is 30.0 Å². The van der Waals surface area contributed by atoms with E-state index in [9.17, 15) is 19.2 Å². The molecular weight excluding hydrogens is 496 g/mol. The molecule has 8 nitrogen and oxygen atoms in total. The number of hydrazine groups is 1. The van der Waals surface area contributed by atoms with Gasteiger partial charge in [-0.05, 0) is 55.3 Å². The molecule has 0 radical (unpaired) electrons. The second kappa shape index (κ2) is 13.8. The molecule has 0 aliphatic carbocycles. The molecule has 2 amide bonds. The first-order valence-electron chi connectivity index (χ1n) is 11.7. The van der Waals surface area contributed by atoms with Gasteiger partial charge < -0.3 is 9.47 Å². The molecule has 3 aromatic rings. The maximum atomic E-state index is 12.6. The van der Waals surface area contributed by atoms with Crippen molar-refractivity contribution in [3.05, 3.63) is 101 Å². The number of amides is 2. The molecule has 0 aliphatic rings. The van der Waals surface area contributed by atoms with Crippen LogP contribution < -0.4 is 15.6 Å². The van der Waals surface area contributed by atoms with Crippen LogP contribution in [-0.4, -0.2) is 29.7 Å². The van der Waals surface area contributed by atoms with Gasteiger partial charge in [-0.15, -0.1) is 0 Å². The van der Waals surface area contributed by atoms with Gasteiger partial charge in [0.15, 0.2) is 6.10 Å². The summed E-state index contributed by atoms with van der Waals surface area (Å²) in [4.78, 5) is 48.7. The second-order valence-electron chi connectivity index (χ2n) is 8.13. The number of rotatable bonds is 11. The summed E-state index contributed by atoms with van der Waals surface area (Å²) in [5, 5.41) is 0.257. The van der Waals surface area contributed by atoms with Crippen LogP contribution in [0.5, 0.6) is 5.75 Å². The van der Waals surface area contributed by atoms with E-state index in [0.717, 1.165) is 5.56 Å². The van der Waals surface area contributed by atoms with E-state index in [4.69, 9.17) is 21.1 Å².